The number of benzene rings is 1. The Morgan fingerprint density at radius 1 is 1.30 bits per heavy atom. The first kappa shape index (κ1) is 16.6. The Kier molecular flexibility index (Phi) is 4.19. The molecule has 2 unspecified atom stereocenters. The summed E-state index contributed by atoms with van der Waals surface area (Å²) in [4.78, 5) is 18.7. The van der Waals surface area contributed by atoms with E-state index in [2.05, 4.69) is 10.3 Å². The molecule has 0 bridgehead atoms. The molecular weight excluding hydrogens is 383 g/mol. The lowest BCUT2D eigenvalue weighted by molar-refractivity contribution is 0.300. The van der Waals surface area contributed by atoms with Crippen LogP contribution in [0.1, 0.15) is 26.3 Å². The molecule has 0 spiro atoms. The summed E-state index contributed by atoms with van der Waals surface area (Å²) >= 11 is 0. The van der Waals surface area contributed by atoms with Gasteiger partial charge in [-0.3, -0.25) is 14.3 Å². The van der Waals surface area contributed by atoms with Gasteiger partial charge in [0.2, 0.25) is 0 Å². The highest BCUT2D eigenvalue weighted by atomic mass is 19.1. The Labute approximate surface area is 176 Å². The minimum Gasteiger partial charge on any atom is -0.487 e. The number of nitrogens with one attached hydrogen (secondary N) is 1. The number of ether oxygens (including phenoxy) is 1. The number of pyridine rings is 2. The number of aromatic nitrogens is 2. The van der Waals surface area contributed by atoms with Gasteiger partial charge in [0.15, 0.2) is 0 Å². The highest BCUT2D eigenvalue weighted by Gasteiger charge is 2.37. The molecule has 4 heterocycles. The van der Waals surface area contributed by atoms with Gasteiger partial charge in [-0.25, -0.2) is 4.39 Å². The van der Waals surface area contributed by atoms with Gasteiger partial charge in [0, 0.05) is 46.2 Å². The molecule has 2 atom stereocenters. The lowest BCUT2D eigenvalue weighted by Crippen LogP contribution is -2.42. The number of fused-ring (bicyclic) bond motifs is 3. The van der Waals surface area contributed by atoms with Crippen LogP contribution in [0.4, 0.5) is 10.1 Å². The van der Waals surface area contributed by atoms with Crippen molar-refractivity contribution < 1.29 is 11.9 Å². The lowest BCUT2D eigenvalue weighted by Gasteiger charge is -2.31. The molecule has 154 valence electrons. The zero-order valence-corrected chi connectivity index (χ0v) is 16.5. The third-order valence-electron chi connectivity index (χ3n) is 5.74. The van der Waals surface area contributed by atoms with E-state index in [-0.39, 0.29) is 24.1 Å². The number of hydrogen-bond acceptors (Lipinski definition) is 5. The third-order valence-corrected chi connectivity index (χ3v) is 5.74. The molecule has 0 amide bonds. The van der Waals surface area contributed by atoms with Crippen LogP contribution in [0.3, 0.4) is 0 Å². The van der Waals surface area contributed by atoms with Gasteiger partial charge >= 0.3 is 0 Å². The van der Waals surface area contributed by atoms with Gasteiger partial charge in [-0.05, 0) is 48.8 Å². The first-order valence-electron chi connectivity index (χ1n) is 10.9. The van der Waals surface area contributed by atoms with E-state index in [1.54, 1.807) is 12.3 Å². The van der Waals surface area contributed by atoms with E-state index < -0.39 is 12.2 Å². The molecule has 2 aliphatic heterocycles. The molecule has 0 aliphatic carbocycles. The monoisotopic (exact) mass is 408 g/mol. The zero-order valence-electron chi connectivity index (χ0n) is 18.5. The highest BCUT2D eigenvalue weighted by molar-refractivity contribution is 5.65. The van der Waals surface area contributed by atoms with Crippen molar-refractivity contribution in [3.05, 3.63) is 82.3 Å². The fourth-order valence-electron chi connectivity index (χ4n) is 4.21. The van der Waals surface area contributed by atoms with Crippen LogP contribution in [-0.2, 0) is 6.61 Å². The largest absolute Gasteiger partial charge is 0.487 e. The van der Waals surface area contributed by atoms with Crippen LogP contribution in [0.25, 0.3) is 5.69 Å². The molecule has 2 aromatic heterocycles. The smallest absolute Gasteiger partial charge is 0.258 e. The Morgan fingerprint density at radius 3 is 3.00 bits per heavy atom. The quantitative estimate of drug-likeness (QED) is 0.720. The maximum atomic E-state index is 13.0. The standard InChI is InChI=1S/C23H23FN4O2/c1-27-21-6-8-25-13-20(21)19-5-4-17(10-22(19)27)28-9-7-18(11-23(28)29)30-14-16-3-2-15(24)12-26-16/h2-5,7,9-12,20-21,25H,6,8,13-14H2,1H3/i6D2. The Hall–Kier alpha value is -3.19. The molecule has 1 fully saturated rings. The van der Waals surface area contributed by atoms with E-state index in [9.17, 15) is 9.18 Å². The van der Waals surface area contributed by atoms with Gasteiger partial charge in [-0.1, -0.05) is 6.07 Å². The van der Waals surface area contributed by atoms with Crippen LogP contribution in [0.2, 0.25) is 0 Å². The first-order chi connectivity index (χ1) is 15.3. The second kappa shape index (κ2) is 7.57. The molecule has 1 N–H and O–H groups in total. The second-order valence-electron chi connectivity index (χ2n) is 7.57. The zero-order chi connectivity index (χ0) is 22.5. The van der Waals surface area contributed by atoms with Gasteiger partial charge in [-0.2, -0.15) is 0 Å². The summed E-state index contributed by atoms with van der Waals surface area (Å²) in [5, 5.41) is 3.20. The highest BCUT2D eigenvalue weighted by Crippen LogP contribution is 2.42. The van der Waals surface area contributed by atoms with Crippen molar-refractivity contribution in [3.63, 3.8) is 0 Å². The second-order valence-corrected chi connectivity index (χ2v) is 7.57. The van der Waals surface area contributed by atoms with Crippen molar-refractivity contribution in [2.24, 2.45) is 0 Å². The lowest BCUT2D eigenvalue weighted by atomic mass is 9.90. The minimum absolute atomic E-state index is 0.0698. The number of likely N-dealkylation sites (N-methyl/N-ethyl adjacent to an activating group) is 1. The molecular formula is C23H23FN4O2. The predicted octanol–water partition coefficient (Wildman–Crippen LogP) is 2.85. The maximum Gasteiger partial charge on any atom is 0.258 e. The normalized spacial score (nSPS) is 22.7. The van der Waals surface area contributed by atoms with Gasteiger partial charge in [-0.15, -0.1) is 0 Å². The van der Waals surface area contributed by atoms with Crippen molar-refractivity contribution in [2.45, 2.75) is 24.9 Å². The number of hydrogen-bond donors (Lipinski definition) is 1. The summed E-state index contributed by atoms with van der Waals surface area (Å²) in [6.07, 6.45) is 1.44. The third kappa shape index (κ3) is 3.35. The van der Waals surface area contributed by atoms with E-state index in [1.165, 1.54) is 22.8 Å². The van der Waals surface area contributed by atoms with Crippen molar-refractivity contribution in [3.8, 4) is 11.4 Å². The molecule has 5 rings (SSSR count). The average Bonchev–Trinajstić information content (AvgIpc) is 3.06. The molecule has 1 saturated heterocycles. The van der Waals surface area contributed by atoms with E-state index in [0.717, 1.165) is 24.0 Å². The predicted molar refractivity (Wildman–Crippen MR) is 113 cm³/mol. The van der Waals surface area contributed by atoms with Crippen LogP contribution >= 0.6 is 0 Å². The van der Waals surface area contributed by atoms with Crippen LogP contribution in [0.5, 0.6) is 5.75 Å². The fourth-order valence-corrected chi connectivity index (χ4v) is 4.21. The van der Waals surface area contributed by atoms with Crippen LogP contribution in [0.15, 0.2) is 59.7 Å². The molecule has 7 heteroatoms. The van der Waals surface area contributed by atoms with E-state index in [0.29, 0.717) is 23.7 Å². The van der Waals surface area contributed by atoms with E-state index >= 15 is 0 Å². The molecule has 0 radical (unpaired) electrons. The van der Waals surface area contributed by atoms with Crippen molar-refractivity contribution >= 4 is 5.69 Å². The van der Waals surface area contributed by atoms with Crippen molar-refractivity contribution in [1.29, 1.82) is 0 Å². The van der Waals surface area contributed by atoms with Crippen LogP contribution in [0, 0.1) is 5.82 Å². The molecule has 1 aromatic carbocycles. The van der Waals surface area contributed by atoms with Gasteiger partial charge in [0.1, 0.15) is 18.2 Å². The summed E-state index contributed by atoms with van der Waals surface area (Å²) in [6, 6.07) is 11.5. The summed E-state index contributed by atoms with van der Waals surface area (Å²) < 4.78 is 37.0. The molecule has 0 saturated carbocycles. The van der Waals surface area contributed by atoms with E-state index in [1.807, 2.05) is 30.1 Å². The summed E-state index contributed by atoms with van der Waals surface area (Å²) in [6.45, 7) is 1.19. The molecule has 30 heavy (non-hydrogen) atoms. The van der Waals surface area contributed by atoms with Crippen LogP contribution in [-0.4, -0.2) is 35.7 Å². The molecule has 6 nitrogen and oxygen atoms in total. The van der Waals surface area contributed by atoms with Crippen molar-refractivity contribution in [2.75, 3.05) is 25.0 Å². The van der Waals surface area contributed by atoms with Gasteiger partial charge in [0.25, 0.3) is 5.56 Å². The first-order valence-corrected chi connectivity index (χ1v) is 9.87. The summed E-state index contributed by atoms with van der Waals surface area (Å²) in [5.74, 6) is 0.0595. The number of halogens is 1. The SMILES string of the molecule is [2H]C1([2H])CNCC2c3ccc(-n4ccc(OCc5ccc(F)cn5)cc4=O)cc3N(C)C21. The minimum atomic E-state index is -1.34. The topological polar surface area (TPSA) is 59.4 Å². The van der Waals surface area contributed by atoms with Gasteiger partial charge in [0.05, 0.1) is 17.6 Å². The molecule has 2 aliphatic rings. The van der Waals surface area contributed by atoms with Crippen molar-refractivity contribution in [1.82, 2.24) is 14.9 Å². The summed E-state index contributed by atoms with van der Waals surface area (Å²) in [5.41, 5.74) is 3.06. The summed E-state index contributed by atoms with van der Waals surface area (Å²) in [7, 11) is 1.92. The average molecular weight is 408 g/mol. The number of nitrogens with zero attached hydrogens (tertiary/aromatic N) is 3. The Morgan fingerprint density at radius 2 is 2.20 bits per heavy atom. The Bertz CT molecular complexity index is 1220. The van der Waals surface area contributed by atoms with Crippen LogP contribution < -0.4 is 20.5 Å². The van der Waals surface area contributed by atoms with Gasteiger partial charge < -0.3 is 15.0 Å². The number of rotatable bonds is 4. The Balaban J connectivity index is 1.39. The van der Waals surface area contributed by atoms with E-state index in [4.69, 9.17) is 7.48 Å². The number of anilines is 1. The number of piperidine rings is 1. The maximum absolute atomic E-state index is 13.0. The fraction of sp³-hybridized carbons (Fsp3) is 0.304. The molecule has 3 aromatic rings.